The molecule has 5 nitrogen and oxygen atoms in total. The van der Waals surface area contributed by atoms with Crippen LogP contribution < -0.4 is 4.90 Å². The van der Waals surface area contributed by atoms with E-state index in [2.05, 4.69) is 15.1 Å². The lowest BCUT2D eigenvalue weighted by molar-refractivity contribution is -0.0740. The van der Waals surface area contributed by atoms with Crippen molar-refractivity contribution in [3.05, 3.63) is 42.5 Å². The first kappa shape index (κ1) is 12.7. The zero-order valence-electron chi connectivity index (χ0n) is 11.8. The van der Waals surface area contributed by atoms with E-state index in [1.165, 1.54) is 5.06 Å². The molecule has 2 fully saturated rings. The highest BCUT2D eigenvalue weighted by Gasteiger charge is 2.40. The molecule has 0 aliphatic carbocycles. The zero-order valence-corrected chi connectivity index (χ0v) is 11.8. The number of hydroxylamine groups is 2. The van der Waals surface area contributed by atoms with Gasteiger partial charge < -0.3 is 10.1 Å². The monoisotopic (exact) mass is 282 g/mol. The second kappa shape index (κ2) is 5.09. The molecule has 1 N–H and O–H groups in total. The fourth-order valence-electron chi connectivity index (χ4n) is 3.41. The first-order chi connectivity index (χ1) is 10.3. The lowest BCUT2D eigenvalue weighted by Gasteiger charge is -2.19. The second-order valence-electron chi connectivity index (χ2n) is 5.94. The summed E-state index contributed by atoms with van der Waals surface area (Å²) in [5.41, 5.74) is 1.99. The van der Waals surface area contributed by atoms with Crippen molar-refractivity contribution in [2.75, 3.05) is 31.1 Å². The van der Waals surface area contributed by atoms with Crippen molar-refractivity contribution in [1.29, 1.82) is 0 Å². The summed E-state index contributed by atoms with van der Waals surface area (Å²) in [5, 5.41) is 19.7. The molecule has 2 aliphatic heterocycles. The summed E-state index contributed by atoms with van der Waals surface area (Å²) in [6, 6.07) is 14.2. The minimum atomic E-state index is 0.547. The number of nitrogens with zero attached hydrogens (tertiary/aromatic N) is 4. The number of aromatic nitrogens is 2. The SMILES string of the molecule is ON1CC2CN(c3ccc(-c4ccccc4)nn3)CC2C1. The van der Waals surface area contributed by atoms with E-state index in [-0.39, 0.29) is 0 Å². The van der Waals surface area contributed by atoms with Crippen molar-refractivity contribution >= 4 is 5.82 Å². The molecule has 0 saturated carbocycles. The molecule has 108 valence electrons. The topological polar surface area (TPSA) is 52.5 Å². The van der Waals surface area contributed by atoms with Gasteiger partial charge in [0.05, 0.1) is 5.69 Å². The molecule has 0 bridgehead atoms. The van der Waals surface area contributed by atoms with E-state index < -0.39 is 0 Å². The van der Waals surface area contributed by atoms with E-state index in [1.54, 1.807) is 0 Å². The minimum absolute atomic E-state index is 0.547. The number of hydrogen-bond acceptors (Lipinski definition) is 5. The van der Waals surface area contributed by atoms with Gasteiger partial charge in [-0.05, 0) is 24.0 Å². The van der Waals surface area contributed by atoms with Crippen LogP contribution in [0.3, 0.4) is 0 Å². The van der Waals surface area contributed by atoms with Gasteiger partial charge >= 0.3 is 0 Å². The molecule has 2 aliphatic rings. The maximum atomic E-state index is 9.54. The quantitative estimate of drug-likeness (QED) is 0.911. The highest BCUT2D eigenvalue weighted by molar-refractivity contribution is 5.59. The first-order valence-electron chi connectivity index (χ1n) is 7.37. The third-order valence-electron chi connectivity index (χ3n) is 4.51. The Morgan fingerprint density at radius 2 is 1.57 bits per heavy atom. The Hall–Kier alpha value is -1.98. The summed E-state index contributed by atoms with van der Waals surface area (Å²) < 4.78 is 0. The van der Waals surface area contributed by atoms with Crippen molar-refractivity contribution in [3.63, 3.8) is 0 Å². The molecule has 2 atom stereocenters. The molecule has 2 aromatic rings. The number of benzene rings is 1. The van der Waals surface area contributed by atoms with E-state index in [0.29, 0.717) is 11.8 Å². The highest BCUT2D eigenvalue weighted by Crippen LogP contribution is 2.32. The van der Waals surface area contributed by atoms with Crippen molar-refractivity contribution in [1.82, 2.24) is 15.3 Å². The van der Waals surface area contributed by atoms with E-state index in [4.69, 9.17) is 0 Å². The molecule has 0 amide bonds. The Morgan fingerprint density at radius 3 is 2.19 bits per heavy atom. The largest absolute Gasteiger partial charge is 0.354 e. The molecule has 0 spiro atoms. The van der Waals surface area contributed by atoms with Gasteiger partial charge in [-0.1, -0.05) is 30.3 Å². The van der Waals surface area contributed by atoms with Crippen LogP contribution in [0.4, 0.5) is 5.82 Å². The van der Waals surface area contributed by atoms with Crippen LogP contribution in [0.25, 0.3) is 11.3 Å². The first-order valence-corrected chi connectivity index (χ1v) is 7.37. The van der Waals surface area contributed by atoms with E-state index in [1.807, 2.05) is 42.5 Å². The average Bonchev–Trinajstić information content (AvgIpc) is 3.06. The van der Waals surface area contributed by atoms with Crippen molar-refractivity contribution in [3.8, 4) is 11.3 Å². The second-order valence-corrected chi connectivity index (χ2v) is 5.94. The maximum Gasteiger partial charge on any atom is 0.151 e. The molecular weight excluding hydrogens is 264 g/mol. The standard InChI is InChI=1S/C16H18N4O/c21-20-10-13-8-19(9-14(13)11-20)16-7-6-15(17-18-16)12-4-2-1-3-5-12/h1-7,13-14,21H,8-11H2. The fourth-order valence-corrected chi connectivity index (χ4v) is 3.41. The Bertz CT molecular complexity index is 602. The van der Waals surface area contributed by atoms with Crippen LogP contribution in [0, 0.1) is 11.8 Å². The Labute approximate surface area is 123 Å². The van der Waals surface area contributed by atoms with E-state index >= 15 is 0 Å². The van der Waals surface area contributed by atoms with Gasteiger partial charge in [0.1, 0.15) is 0 Å². The third kappa shape index (κ3) is 2.39. The Morgan fingerprint density at radius 1 is 0.857 bits per heavy atom. The Balaban J connectivity index is 1.50. The number of fused-ring (bicyclic) bond motifs is 1. The molecule has 3 heterocycles. The number of hydrogen-bond donors (Lipinski definition) is 1. The zero-order chi connectivity index (χ0) is 14.2. The van der Waals surface area contributed by atoms with Gasteiger partial charge in [-0.25, -0.2) is 0 Å². The van der Waals surface area contributed by atoms with Crippen LogP contribution in [0.1, 0.15) is 0 Å². The molecule has 1 aromatic carbocycles. The summed E-state index contributed by atoms with van der Waals surface area (Å²) in [4.78, 5) is 2.28. The average molecular weight is 282 g/mol. The third-order valence-corrected chi connectivity index (χ3v) is 4.51. The Kier molecular flexibility index (Phi) is 3.09. The van der Waals surface area contributed by atoms with Crippen molar-refractivity contribution in [2.45, 2.75) is 0 Å². The van der Waals surface area contributed by atoms with Gasteiger partial charge in [-0.2, -0.15) is 5.06 Å². The van der Waals surface area contributed by atoms with Gasteiger partial charge in [0.15, 0.2) is 5.82 Å². The minimum Gasteiger partial charge on any atom is -0.354 e. The predicted molar refractivity (Wildman–Crippen MR) is 80.0 cm³/mol. The lowest BCUT2D eigenvalue weighted by atomic mass is 10.0. The van der Waals surface area contributed by atoms with Gasteiger partial charge in [0.2, 0.25) is 0 Å². The smallest absolute Gasteiger partial charge is 0.151 e. The van der Waals surface area contributed by atoms with Gasteiger partial charge in [-0.3, -0.25) is 0 Å². The molecule has 21 heavy (non-hydrogen) atoms. The van der Waals surface area contributed by atoms with Crippen LogP contribution >= 0.6 is 0 Å². The molecule has 2 unspecified atom stereocenters. The summed E-state index contributed by atoms with van der Waals surface area (Å²) in [7, 11) is 0. The summed E-state index contributed by atoms with van der Waals surface area (Å²) in [5.74, 6) is 2.03. The van der Waals surface area contributed by atoms with Gasteiger partial charge in [0, 0.05) is 31.7 Å². The van der Waals surface area contributed by atoms with Gasteiger partial charge in [-0.15, -0.1) is 10.2 Å². The lowest BCUT2D eigenvalue weighted by Crippen LogP contribution is -2.27. The van der Waals surface area contributed by atoms with Crippen LogP contribution in [0.15, 0.2) is 42.5 Å². The van der Waals surface area contributed by atoms with Gasteiger partial charge in [0.25, 0.3) is 0 Å². The predicted octanol–water partition coefficient (Wildman–Crippen LogP) is 1.90. The number of rotatable bonds is 2. The van der Waals surface area contributed by atoms with E-state index in [9.17, 15) is 5.21 Å². The van der Waals surface area contributed by atoms with Crippen molar-refractivity contribution in [2.24, 2.45) is 11.8 Å². The maximum absolute atomic E-state index is 9.54. The highest BCUT2D eigenvalue weighted by atomic mass is 16.5. The fraction of sp³-hybridized carbons (Fsp3) is 0.375. The molecule has 0 radical (unpaired) electrons. The molecular formula is C16H18N4O. The van der Waals surface area contributed by atoms with Crippen LogP contribution in [0.2, 0.25) is 0 Å². The summed E-state index contributed by atoms with van der Waals surface area (Å²) in [6.45, 7) is 3.47. The molecule has 2 saturated heterocycles. The normalized spacial score (nSPS) is 25.3. The summed E-state index contributed by atoms with van der Waals surface area (Å²) in [6.07, 6.45) is 0. The van der Waals surface area contributed by atoms with Crippen molar-refractivity contribution < 1.29 is 5.21 Å². The van der Waals surface area contributed by atoms with Crippen LogP contribution in [0.5, 0.6) is 0 Å². The molecule has 4 rings (SSSR count). The molecule has 1 aromatic heterocycles. The van der Waals surface area contributed by atoms with E-state index in [0.717, 1.165) is 43.3 Å². The molecule has 5 heteroatoms. The van der Waals surface area contributed by atoms with Crippen LogP contribution in [-0.2, 0) is 0 Å². The summed E-state index contributed by atoms with van der Waals surface area (Å²) >= 11 is 0. The number of anilines is 1. The van der Waals surface area contributed by atoms with Crippen LogP contribution in [-0.4, -0.2) is 46.6 Å².